The highest BCUT2D eigenvalue weighted by atomic mass is 16.3. The minimum atomic E-state index is 0.0844. The lowest BCUT2D eigenvalue weighted by atomic mass is 9.60. The van der Waals surface area contributed by atoms with Crippen molar-refractivity contribution in [2.24, 2.45) is 0 Å². The number of hydrogen-bond acceptors (Lipinski definition) is 8. The highest BCUT2D eigenvalue weighted by molar-refractivity contribution is 6.08. The van der Waals surface area contributed by atoms with Crippen LogP contribution in [0.4, 0.5) is 0 Å². The zero-order valence-corrected chi connectivity index (χ0v) is 50.5. The molecule has 0 saturated carbocycles. The van der Waals surface area contributed by atoms with Gasteiger partial charge in [-0.2, -0.15) is 0 Å². The lowest BCUT2D eigenvalue weighted by Crippen LogP contribution is -2.27. The van der Waals surface area contributed by atoms with E-state index in [9.17, 15) is 0 Å². The highest BCUT2D eigenvalue weighted by Crippen LogP contribution is 2.57. The fourth-order valence-corrected chi connectivity index (χ4v) is 14.5. The number of benzene rings is 13. The van der Waals surface area contributed by atoms with E-state index in [0.717, 1.165) is 122 Å². The van der Waals surface area contributed by atoms with E-state index in [4.69, 9.17) is 38.7 Å². The third-order valence-corrected chi connectivity index (χ3v) is 19.0. The van der Waals surface area contributed by atoms with E-state index >= 15 is 0 Å². The van der Waals surface area contributed by atoms with Crippen LogP contribution in [0.5, 0.6) is 0 Å². The quantitative estimate of drug-likeness (QED) is 0.133. The Morgan fingerprint density at radius 1 is 0.181 bits per heavy atom. The number of rotatable bonds is 10. The van der Waals surface area contributed by atoms with Crippen LogP contribution < -0.4 is 0 Å². The monoisotopic (exact) mass is 1200 g/mol. The van der Waals surface area contributed by atoms with Gasteiger partial charge in [-0.3, -0.25) is 0 Å². The molecule has 0 fully saturated rings. The van der Waals surface area contributed by atoms with Gasteiger partial charge in [0.05, 0.1) is 0 Å². The summed E-state index contributed by atoms with van der Waals surface area (Å²) in [6.07, 6.45) is 0. The molecule has 0 amide bonds. The number of furan rings is 2. The van der Waals surface area contributed by atoms with Gasteiger partial charge in [-0.1, -0.05) is 255 Å². The average Bonchev–Trinajstić information content (AvgIpc) is 0.922. The summed E-state index contributed by atoms with van der Waals surface area (Å²) < 4.78 is 12.4. The Morgan fingerprint density at radius 2 is 0.479 bits per heavy atom. The maximum atomic E-state index is 6.21. The van der Waals surface area contributed by atoms with Crippen molar-refractivity contribution in [2.75, 3.05) is 0 Å². The molecule has 3 aliphatic rings. The second kappa shape index (κ2) is 21.6. The Hall–Kier alpha value is -12.5. The maximum Gasteiger partial charge on any atom is 0.164 e. The Kier molecular flexibility index (Phi) is 12.2. The van der Waals surface area contributed by atoms with Gasteiger partial charge in [0.15, 0.2) is 34.9 Å². The van der Waals surface area contributed by atoms with Crippen molar-refractivity contribution in [3.05, 3.63) is 337 Å². The van der Waals surface area contributed by atoms with Crippen LogP contribution in [-0.4, -0.2) is 29.9 Å². The fourth-order valence-electron chi connectivity index (χ4n) is 14.5. The van der Waals surface area contributed by atoms with Gasteiger partial charge in [0.25, 0.3) is 0 Å². The van der Waals surface area contributed by atoms with Crippen molar-refractivity contribution in [1.29, 1.82) is 0 Å². The molecule has 0 saturated heterocycles. The Morgan fingerprint density at radius 3 is 0.904 bits per heavy atom. The lowest BCUT2D eigenvalue weighted by Gasteiger charge is -2.42. The largest absolute Gasteiger partial charge is 0.456 e. The molecule has 0 spiro atoms. The molecule has 438 valence electrons. The van der Waals surface area contributed by atoms with Gasteiger partial charge in [-0.05, 0) is 126 Å². The van der Waals surface area contributed by atoms with E-state index in [1.165, 1.54) is 33.4 Å². The molecule has 17 aromatic rings. The standard InChI is InChI=1S/C86H52N6O2/c1-3-17-53(18-4-1)81-87-83(91-85(89-81)69-27-11-7-21-61(69)59-41-45-77-71(49-59)63-23-13-15-29-75(63)93-77)55-35-31-51(32-36-55)57-39-43-67-73(47-57)79-65-25-9-10-26-66(65)80(67)74-48-58(40-44-68(74)79)52-33-37-56(38-34-52)84-88-82(54-19-5-2-6-20-54)90-86(92-84)70-28-12-8-22-62(70)60-42-46-78-72(50-60)64-24-14-16-30-76(64)94-78/h1-50,79-80H. The van der Waals surface area contributed by atoms with Gasteiger partial charge >= 0.3 is 0 Å². The molecule has 2 atom stereocenters. The van der Waals surface area contributed by atoms with Gasteiger partial charge in [-0.25, -0.2) is 29.9 Å². The number of para-hydroxylation sites is 2. The summed E-state index contributed by atoms with van der Waals surface area (Å²) in [6.45, 7) is 0. The van der Waals surface area contributed by atoms with E-state index in [-0.39, 0.29) is 11.8 Å². The molecule has 3 aliphatic carbocycles. The SMILES string of the molecule is c1ccc(-c2nc(-c3ccc(-c4ccc5c(c4)C4c6ccccc6C5c5cc(-c6ccc(-c7nc(-c8ccccc8)nc(-c8ccccc8-c8ccc9oc%10ccccc%10c9c8)n7)cc6)ccc54)cc3)nc(-c3ccccc3-c3ccc4oc5ccccc5c4c3)n2)cc1. The molecule has 0 aliphatic heterocycles. The maximum absolute atomic E-state index is 6.21. The molecular formula is C86H52N6O2. The molecular weight excluding hydrogens is 1150 g/mol. The van der Waals surface area contributed by atoms with E-state index in [0.29, 0.717) is 34.9 Å². The molecule has 20 rings (SSSR count). The van der Waals surface area contributed by atoms with Crippen LogP contribution in [-0.2, 0) is 0 Å². The van der Waals surface area contributed by atoms with E-state index in [1.54, 1.807) is 0 Å². The zero-order valence-electron chi connectivity index (χ0n) is 50.5. The second-order valence-corrected chi connectivity index (χ2v) is 24.4. The van der Waals surface area contributed by atoms with Crippen LogP contribution in [0.25, 0.3) is 157 Å². The first-order valence-corrected chi connectivity index (χ1v) is 31.8. The summed E-state index contributed by atoms with van der Waals surface area (Å²) >= 11 is 0. The number of fused-ring (bicyclic) bond motifs is 6. The van der Waals surface area contributed by atoms with Crippen molar-refractivity contribution in [3.63, 3.8) is 0 Å². The highest BCUT2D eigenvalue weighted by Gasteiger charge is 2.41. The van der Waals surface area contributed by atoms with Gasteiger partial charge < -0.3 is 8.83 Å². The summed E-state index contributed by atoms with van der Waals surface area (Å²) in [5.41, 5.74) is 25.8. The first-order chi connectivity index (χ1) is 46.5. The average molecular weight is 1200 g/mol. The van der Waals surface area contributed by atoms with E-state index < -0.39 is 0 Å². The van der Waals surface area contributed by atoms with E-state index in [1.807, 2.05) is 72.8 Å². The first kappa shape index (κ1) is 53.3. The van der Waals surface area contributed by atoms with Crippen LogP contribution in [0, 0.1) is 0 Å². The minimum Gasteiger partial charge on any atom is -0.456 e. The molecule has 8 nitrogen and oxygen atoms in total. The van der Waals surface area contributed by atoms with Crippen LogP contribution in [0.2, 0.25) is 0 Å². The van der Waals surface area contributed by atoms with Crippen molar-refractivity contribution < 1.29 is 8.83 Å². The second-order valence-electron chi connectivity index (χ2n) is 24.4. The molecule has 8 heteroatoms. The van der Waals surface area contributed by atoms with Crippen molar-refractivity contribution in [1.82, 2.24) is 29.9 Å². The summed E-state index contributed by atoms with van der Waals surface area (Å²) in [4.78, 5) is 31.1. The van der Waals surface area contributed by atoms with Gasteiger partial charge in [0.2, 0.25) is 0 Å². The third kappa shape index (κ3) is 8.90. The number of hydrogen-bond donors (Lipinski definition) is 0. The summed E-state index contributed by atoms with van der Waals surface area (Å²) in [7, 11) is 0. The number of aromatic nitrogens is 6. The zero-order chi connectivity index (χ0) is 61.8. The Labute approximate surface area is 540 Å². The lowest BCUT2D eigenvalue weighted by molar-refractivity contribution is 0.668. The molecule has 2 bridgehead atoms. The first-order valence-electron chi connectivity index (χ1n) is 31.8. The molecule has 4 heterocycles. The molecule has 94 heavy (non-hydrogen) atoms. The summed E-state index contributed by atoms with van der Waals surface area (Å²) in [5.74, 6) is 3.82. The van der Waals surface area contributed by atoms with Crippen LogP contribution in [0.15, 0.2) is 312 Å². The third-order valence-electron chi connectivity index (χ3n) is 19.0. The predicted molar refractivity (Wildman–Crippen MR) is 377 cm³/mol. The topological polar surface area (TPSA) is 104 Å². The summed E-state index contributed by atoms with van der Waals surface area (Å²) in [6, 6.07) is 107. The van der Waals surface area contributed by atoms with Crippen LogP contribution >= 0.6 is 0 Å². The Bertz CT molecular complexity index is 5520. The molecule has 2 unspecified atom stereocenters. The fraction of sp³-hybridized carbons (Fsp3) is 0.0233. The van der Waals surface area contributed by atoms with Crippen molar-refractivity contribution >= 4 is 43.9 Å². The number of nitrogens with zero attached hydrogens (tertiary/aromatic N) is 6. The molecule has 0 N–H and O–H groups in total. The van der Waals surface area contributed by atoms with Crippen molar-refractivity contribution in [2.45, 2.75) is 11.8 Å². The smallest absolute Gasteiger partial charge is 0.164 e. The van der Waals surface area contributed by atoms with Crippen molar-refractivity contribution in [3.8, 4) is 113 Å². The van der Waals surface area contributed by atoms with Gasteiger partial charge in [0, 0.05) is 66.8 Å². The van der Waals surface area contributed by atoms with Gasteiger partial charge in [-0.15, -0.1) is 0 Å². The molecule has 13 aromatic carbocycles. The predicted octanol–water partition coefficient (Wildman–Crippen LogP) is 21.5. The van der Waals surface area contributed by atoms with E-state index in [2.05, 4.69) is 231 Å². The molecule has 0 radical (unpaired) electrons. The van der Waals surface area contributed by atoms with Crippen LogP contribution in [0.1, 0.15) is 45.2 Å². The minimum absolute atomic E-state index is 0.0844. The van der Waals surface area contributed by atoms with Gasteiger partial charge in [0.1, 0.15) is 22.3 Å². The normalized spacial score (nSPS) is 13.7. The molecule has 4 aromatic heterocycles. The Balaban J connectivity index is 0.636. The van der Waals surface area contributed by atoms with Crippen LogP contribution in [0.3, 0.4) is 0 Å². The summed E-state index contributed by atoms with van der Waals surface area (Å²) in [5, 5.41) is 4.31.